The molecular formula is C20H23N5O3. The van der Waals surface area contributed by atoms with E-state index in [9.17, 15) is 9.59 Å². The Labute approximate surface area is 162 Å². The highest BCUT2D eigenvalue weighted by Gasteiger charge is 2.22. The third-order valence-electron chi connectivity index (χ3n) is 4.91. The zero-order valence-corrected chi connectivity index (χ0v) is 16.0. The number of morpholine rings is 1. The molecule has 0 bridgehead atoms. The molecule has 28 heavy (non-hydrogen) atoms. The summed E-state index contributed by atoms with van der Waals surface area (Å²) in [6.07, 6.45) is 1.68. The van der Waals surface area contributed by atoms with Crippen molar-refractivity contribution >= 4 is 16.8 Å². The molecule has 3 heterocycles. The maximum atomic E-state index is 13.2. The van der Waals surface area contributed by atoms with Crippen LogP contribution in [0.25, 0.3) is 16.6 Å². The Morgan fingerprint density at radius 1 is 1.18 bits per heavy atom. The Hall–Kier alpha value is -3.00. The summed E-state index contributed by atoms with van der Waals surface area (Å²) in [6.45, 7) is 6.05. The van der Waals surface area contributed by atoms with Crippen LogP contribution in [0.5, 0.6) is 0 Å². The maximum Gasteiger partial charge on any atom is 0.293 e. The van der Waals surface area contributed by atoms with Crippen LogP contribution in [0.15, 0.2) is 41.3 Å². The van der Waals surface area contributed by atoms with Crippen molar-refractivity contribution in [1.29, 1.82) is 0 Å². The molecule has 3 aromatic rings. The van der Waals surface area contributed by atoms with E-state index in [0.717, 1.165) is 16.8 Å². The maximum absolute atomic E-state index is 13.2. The fourth-order valence-corrected chi connectivity index (χ4v) is 3.43. The predicted octanol–water partition coefficient (Wildman–Crippen LogP) is 1.56. The topological polar surface area (TPSA) is 82.2 Å². The van der Waals surface area contributed by atoms with E-state index in [1.807, 2.05) is 44.2 Å². The Kier molecular flexibility index (Phi) is 4.95. The standard InChI is InChI=1S/C20H23N5O3/c1-14(2)18-16-12-21-25(15-6-4-3-5-7-15)19(16)20(27)24(22-18)13-17(26)23-8-10-28-11-9-23/h3-7,12,14H,8-11,13H2,1-2H3. The van der Waals surface area contributed by atoms with Gasteiger partial charge in [-0.15, -0.1) is 0 Å². The van der Waals surface area contributed by atoms with Gasteiger partial charge >= 0.3 is 0 Å². The normalized spacial score (nSPS) is 14.8. The van der Waals surface area contributed by atoms with Crippen molar-refractivity contribution in [2.45, 2.75) is 26.3 Å². The lowest BCUT2D eigenvalue weighted by Crippen LogP contribution is -2.44. The van der Waals surface area contributed by atoms with Crippen LogP contribution in [0.4, 0.5) is 0 Å². The van der Waals surface area contributed by atoms with Crippen molar-refractivity contribution in [3.05, 3.63) is 52.6 Å². The number of nitrogens with zero attached hydrogens (tertiary/aromatic N) is 5. The molecule has 2 aromatic heterocycles. The molecule has 1 amide bonds. The van der Waals surface area contributed by atoms with Gasteiger partial charge in [0.25, 0.3) is 5.56 Å². The SMILES string of the molecule is CC(C)c1nn(CC(=O)N2CCOCC2)c(=O)c2c1cnn2-c1ccccc1. The number of benzene rings is 1. The van der Waals surface area contributed by atoms with Gasteiger partial charge in [0.15, 0.2) is 0 Å². The predicted molar refractivity (Wildman–Crippen MR) is 105 cm³/mol. The van der Waals surface area contributed by atoms with Crippen molar-refractivity contribution in [3.63, 3.8) is 0 Å². The third kappa shape index (κ3) is 3.31. The molecule has 1 aromatic carbocycles. The van der Waals surface area contributed by atoms with Gasteiger partial charge in [-0.05, 0) is 18.1 Å². The molecule has 0 saturated carbocycles. The van der Waals surface area contributed by atoms with Crippen LogP contribution in [0.3, 0.4) is 0 Å². The largest absolute Gasteiger partial charge is 0.378 e. The lowest BCUT2D eigenvalue weighted by molar-refractivity contribution is -0.136. The molecule has 1 aliphatic heterocycles. The van der Waals surface area contributed by atoms with Crippen LogP contribution >= 0.6 is 0 Å². The number of carbonyl (C=O) groups is 1. The fourth-order valence-electron chi connectivity index (χ4n) is 3.43. The van der Waals surface area contributed by atoms with Crippen LogP contribution in [-0.2, 0) is 16.1 Å². The first kappa shape index (κ1) is 18.4. The highest BCUT2D eigenvalue weighted by atomic mass is 16.5. The molecule has 0 spiro atoms. The molecule has 0 N–H and O–H groups in total. The van der Waals surface area contributed by atoms with Gasteiger partial charge < -0.3 is 9.64 Å². The zero-order chi connectivity index (χ0) is 19.7. The molecule has 8 heteroatoms. The monoisotopic (exact) mass is 381 g/mol. The Balaban J connectivity index is 1.81. The molecule has 1 saturated heterocycles. The Bertz CT molecular complexity index is 1050. The number of para-hydroxylation sites is 1. The van der Waals surface area contributed by atoms with Crippen LogP contribution in [0.1, 0.15) is 25.5 Å². The molecule has 0 radical (unpaired) electrons. The summed E-state index contributed by atoms with van der Waals surface area (Å²) in [7, 11) is 0. The van der Waals surface area contributed by atoms with Gasteiger partial charge in [-0.2, -0.15) is 10.2 Å². The second kappa shape index (κ2) is 7.55. The molecule has 0 unspecified atom stereocenters. The summed E-state index contributed by atoms with van der Waals surface area (Å²) in [6, 6.07) is 9.49. The van der Waals surface area contributed by atoms with E-state index in [0.29, 0.717) is 31.8 Å². The van der Waals surface area contributed by atoms with Crippen molar-refractivity contribution < 1.29 is 9.53 Å². The molecule has 1 fully saturated rings. The van der Waals surface area contributed by atoms with Crippen LogP contribution < -0.4 is 5.56 Å². The average Bonchev–Trinajstić information content (AvgIpc) is 3.16. The van der Waals surface area contributed by atoms with E-state index >= 15 is 0 Å². The van der Waals surface area contributed by atoms with Gasteiger partial charge in [0.1, 0.15) is 12.1 Å². The van der Waals surface area contributed by atoms with Crippen molar-refractivity contribution in [3.8, 4) is 5.69 Å². The highest BCUT2D eigenvalue weighted by Crippen LogP contribution is 2.22. The first-order valence-electron chi connectivity index (χ1n) is 9.46. The number of hydrogen-bond acceptors (Lipinski definition) is 5. The summed E-state index contributed by atoms with van der Waals surface area (Å²) >= 11 is 0. The summed E-state index contributed by atoms with van der Waals surface area (Å²) < 4.78 is 8.20. The van der Waals surface area contributed by atoms with E-state index in [2.05, 4.69) is 10.2 Å². The minimum atomic E-state index is -0.317. The van der Waals surface area contributed by atoms with Crippen molar-refractivity contribution in [2.75, 3.05) is 26.3 Å². The third-order valence-corrected chi connectivity index (χ3v) is 4.91. The minimum Gasteiger partial charge on any atom is -0.378 e. The molecular weight excluding hydrogens is 358 g/mol. The van der Waals surface area contributed by atoms with E-state index in [1.54, 1.807) is 15.8 Å². The number of aromatic nitrogens is 4. The molecule has 0 atom stereocenters. The summed E-state index contributed by atoms with van der Waals surface area (Å²) in [5.41, 5.74) is 1.68. The second-order valence-electron chi connectivity index (χ2n) is 7.15. The smallest absolute Gasteiger partial charge is 0.293 e. The molecule has 1 aliphatic rings. The highest BCUT2D eigenvalue weighted by molar-refractivity contribution is 5.82. The van der Waals surface area contributed by atoms with Gasteiger partial charge in [0.2, 0.25) is 5.91 Å². The van der Waals surface area contributed by atoms with Gasteiger partial charge in [0.05, 0.1) is 30.8 Å². The molecule has 4 rings (SSSR count). The second-order valence-corrected chi connectivity index (χ2v) is 7.15. The van der Waals surface area contributed by atoms with Crippen molar-refractivity contribution in [2.24, 2.45) is 0 Å². The summed E-state index contributed by atoms with van der Waals surface area (Å²) in [4.78, 5) is 27.6. The number of hydrogen-bond donors (Lipinski definition) is 0. The van der Waals surface area contributed by atoms with E-state index in [-0.39, 0.29) is 23.9 Å². The van der Waals surface area contributed by atoms with Crippen LogP contribution in [0.2, 0.25) is 0 Å². The molecule has 8 nitrogen and oxygen atoms in total. The number of carbonyl (C=O) groups excluding carboxylic acids is 1. The van der Waals surface area contributed by atoms with Gasteiger partial charge in [-0.1, -0.05) is 32.0 Å². The Morgan fingerprint density at radius 3 is 2.57 bits per heavy atom. The van der Waals surface area contributed by atoms with Crippen LogP contribution in [-0.4, -0.2) is 56.7 Å². The van der Waals surface area contributed by atoms with E-state index in [1.165, 1.54) is 4.68 Å². The molecule has 0 aliphatic carbocycles. The molecule has 146 valence electrons. The quantitative estimate of drug-likeness (QED) is 0.685. The fraction of sp³-hybridized carbons (Fsp3) is 0.400. The number of amides is 1. The zero-order valence-electron chi connectivity index (χ0n) is 16.0. The lowest BCUT2D eigenvalue weighted by atomic mass is 10.1. The summed E-state index contributed by atoms with van der Waals surface area (Å²) in [5, 5.41) is 9.67. The number of rotatable bonds is 4. The number of ether oxygens (including phenoxy) is 1. The van der Waals surface area contributed by atoms with Gasteiger partial charge in [0, 0.05) is 18.5 Å². The van der Waals surface area contributed by atoms with Crippen molar-refractivity contribution in [1.82, 2.24) is 24.5 Å². The average molecular weight is 381 g/mol. The first-order valence-corrected chi connectivity index (χ1v) is 9.46. The number of fused-ring (bicyclic) bond motifs is 1. The lowest BCUT2D eigenvalue weighted by Gasteiger charge is -2.27. The summed E-state index contributed by atoms with van der Waals surface area (Å²) in [5.74, 6) is -0.0426. The minimum absolute atomic E-state index is 0.0845. The van der Waals surface area contributed by atoms with Gasteiger partial charge in [-0.3, -0.25) is 9.59 Å². The van der Waals surface area contributed by atoms with Gasteiger partial charge in [-0.25, -0.2) is 9.36 Å². The van der Waals surface area contributed by atoms with Crippen LogP contribution in [0, 0.1) is 0 Å². The van der Waals surface area contributed by atoms with E-state index in [4.69, 9.17) is 4.74 Å². The Morgan fingerprint density at radius 2 is 1.89 bits per heavy atom. The van der Waals surface area contributed by atoms with E-state index < -0.39 is 0 Å². The first-order chi connectivity index (χ1) is 13.6.